The second-order valence-corrected chi connectivity index (χ2v) is 5.26. The van der Waals surface area contributed by atoms with E-state index in [0.29, 0.717) is 6.61 Å². The van der Waals surface area contributed by atoms with E-state index in [0.717, 1.165) is 38.5 Å². The summed E-state index contributed by atoms with van der Waals surface area (Å²) < 4.78 is 5.87. The van der Waals surface area contributed by atoms with Crippen LogP contribution in [0.3, 0.4) is 0 Å². The van der Waals surface area contributed by atoms with Gasteiger partial charge in [0, 0.05) is 32.7 Å². The number of nitrogens with zero attached hydrogens (tertiary/aromatic N) is 2. The summed E-state index contributed by atoms with van der Waals surface area (Å²) in [6.07, 6.45) is 0. The fourth-order valence-corrected chi connectivity index (χ4v) is 2.38. The van der Waals surface area contributed by atoms with Crippen LogP contribution in [0.2, 0.25) is 0 Å². The molecule has 110 valence electrons. The molecule has 0 amide bonds. The lowest BCUT2D eigenvalue weighted by Gasteiger charge is -2.34. The van der Waals surface area contributed by atoms with Crippen LogP contribution in [0.1, 0.15) is 11.1 Å². The van der Waals surface area contributed by atoms with Crippen molar-refractivity contribution >= 4 is 5.96 Å². The number of rotatable bonds is 4. The Balaban J connectivity index is 1.74. The number of piperazine rings is 1. The molecule has 20 heavy (non-hydrogen) atoms. The van der Waals surface area contributed by atoms with Crippen LogP contribution in [0.4, 0.5) is 0 Å². The Morgan fingerprint density at radius 1 is 1.25 bits per heavy atom. The molecule has 0 unspecified atom stereocenters. The Morgan fingerprint density at radius 3 is 2.60 bits per heavy atom. The standard InChI is InChI=1S/C15H24N4O/c1-12-4-3-5-14(13(12)2)20-11-10-18-6-8-19(9-7-18)15(16)17/h3-5H,6-11H2,1-2H3,(H3,16,17). The highest BCUT2D eigenvalue weighted by atomic mass is 16.5. The predicted molar refractivity (Wildman–Crippen MR) is 81.3 cm³/mol. The van der Waals surface area contributed by atoms with Crippen LogP contribution in [0, 0.1) is 19.3 Å². The summed E-state index contributed by atoms with van der Waals surface area (Å²) in [5.74, 6) is 1.16. The largest absolute Gasteiger partial charge is 0.492 e. The summed E-state index contributed by atoms with van der Waals surface area (Å²) in [7, 11) is 0. The molecule has 0 saturated carbocycles. The number of nitrogens with one attached hydrogen (secondary N) is 1. The highest BCUT2D eigenvalue weighted by molar-refractivity contribution is 5.74. The Labute approximate surface area is 120 Å². The third kappa shape index (κ3) is 3.63. The Kier molecular flexibility index (Phi) is 4.84. The van der Waals surface area contributed by atoms with Crippen molar-refractivity contribution in [3.8, 4) is 5.75 Å². The van der Waals surface area contributed by atoms with Crippen molar-refractivity contribution < 1.29 is 4.74 Å². The van der Waals surface area contributed by atoms with E-state index in [2.05, 4.69) is 24.8 Å². The van der Waals surface area contributed by atoms with E-state index in [1.807, 2.05) is 17.0 Å². The van der Waals surface area contributed by atoms with Crippen molar-refractivity contribution in [1.82, 2.24) is 9.80 Å². The minimum absolute atomic E-state index is 0.177. The molecule has 0 spiro atoms. The lowest BCUT2D eigenvalue weighted by Crippen LogP contribution is -2.51. The quantitative estimate of drug-likeness (QED) is 0.640. The third-order valence-electron chi connectivity index (χ3n) is 3.93. The zero-order valence-corrected chi connectivity index (χ0v) is 12.4. The van der Waals surface area contributed by atoms with Gasteiger partial charge in [-0.1, -0.05) is 12.1 Å². The molecule has 1 heterocycles. The minimum Gasteiger partial charge on any atom is -0.492 e. The molecule has 0 atom stereocenters. The number of guanidine groups is 1. The second kappa shape index (κ2) is 6.61. The molecule has 0 bridgehead atoms. The first-order chi connectivity index (χ1) is 9.58. The molecule has 5 heteroatoms. The number of ether oxygens (including phenoxy) is 1. The van der Waals surface area contributed by atoms with Crippen LogP contribution in [-0.2, 0) is 0 Å². The molecule has 1 saturated heterocycles. The van der Waals surface area contributed by atoms with Crippen molar-refractivity contribution in [2.24, 2.45) is 5.73 Å². The van der Waals surface area contributed by atoms with E-state index in [1.54, 1.807) is 0 Å². The minimum atomic E-state index is 0.177. The summed E-state index contributed by atoms with van der Waals surface area (Å²) in [5.41, 5.74) is 7.96. The summed E-state index contributed by atoms with van der Waals surface area (Å²) in [5, 5.41) is 7.41. The summed E-state index contributed by atoms with van der Waals surface area (Å²) in [6, 6.07) is 6.16. The molecule has 2 rings (SSSR count). The van der Waals surface area contributed by atoms with Gasteiger partial charge in [0.05, 0.1) is 0 Å². The van der Waals surface area contributed by atoms with Gasteiger partial charge >= 0.3 is 0 Å². The normalized spacial score (nSPS) is 16.2. The fourth-order valence-electron chi connectivity index (χ4n) is 2.38. The number of hydrogen-bond donors (Lipinski definition) is 2. The Morgan fingerprint density at radius 2 is 1.95 bits per heavy atom. The number of nitrogens with two attached hydrogens (primary N) is 1. The maximum atomic E-state index is 7.41. The van der Waals surface area contributed by atoms with Gasteiger partial charge in [-0.25, -0.2) is 0 Å². The molecule has 3 N–H and O–H groups in total. The number of hydrogen-bond acceptors (Lipinski definition) is 3. The van der Waals surface area contributed by atoms with E-state index >= 15 is 0 Å². The number of aryl methyl sites for hydroxylation is 1. The SMILES string of the molecule is Cc1cccc(OCCN2CCN(C(=N)N)CC2)c1C. The smallest absolute Gasteiger partial charge is 0.188 e. The van der Waals surface area contributed by atoms with Gasteiger partial charge in [-0.15, -0.1) is 0 Å². The lowest BCUT2D eigenvalue weighted by atomic mass is 10.1. The monoisotopic (exact) mass is 276 g/mol. The summed E-state index contributed by atoms with van der Waals surface area (Å²) >= 11 is 0. The molecule has 0 aromatic heterocycles. The van der Waals surface area contributed by atoms with E-state index in [9.17, 15) is 0 Å². The molecule has 0 aliphatic carbocycles. The molecular weight excluding hydrogens is 252 g/mol. The second-order valence-electron chi connectivity index (χ2n) is 5.26. The van der Waals surface area contributed by atoms with Crippen molar-refractivity contribution in [2.45, 2.75) is 13.8 Å². The van der Waals surface area contributed by atoms with Crippen LogP contribution in [0.25, 0.3) is 0 Å². The fraction of sp³-hybridized carbons (Fsp3) is 0.533. The Hall–Kier alpha value is -1.75. The van der Waals surface area contributed by atoms with Crippen molar-refractivity contribution in [3.05, 3.63) is 29.3 Å². The molecule has 1 aromatic carbocycles. The van der Waals surface area contributed by atoms with Crippen LogP contribution < -0.4 is 10.5 Å². The molecule has 1 aromatic rings. The Bertz CT molecular complexity index is 467. The van der Waals surface area contributed by atoms with Gasteiger partial charge in [-0.05, 0) is 31.0 Å². The van der Waals surface area contributed by atoms with Crippen molar-refractivity contribution in [2.75, 3.05) is 39.3 Å². The van der Waals surface area contributed by atoms with Gasteiger partial charge in [-0.2, -0.15) is 0 Å². The summed E-state index contributed by atoms with van der Waals surface area (Å²) in [6.45, 7) is 9.35. The van der Waals surface area contributed by atoms with Crippen molar-refractivity contribution in [3.63, 3.8) is 0 Å². The first-order valence-corrected chi connectivity index (χ1v) is 7.08. The van der Waals surface area contributed by atoms with E-state index < -0.39 is 0 Å². The first kappa shape index (κ1) is 14.7. The maximum absolute atomic E-state index is 7.41. The average molecular weight is 276 g/mol. The van der Waals surface area contributed by atoms with Crippen molar-refractivity contribution in [1.29, 1.82) is 5.41 Å². The van der Waals surface area contributed by atoms with Crippen LogP contribution in [0.15, 0.2) is 18.2 Å². The van der Waals surface area contributed by atoms with Gasteiger partial charge in [0.25, 0.3) is 0 Å². The predicted octanol–water partition coefficient (Wildman–Crippen LogP) is 1.19. The lowest BCUT2D eigenvalue weighted by molar-refractivity contribution is 0.153. The van der Waals surface area contributed by atoms with Crippen LogP contribution in [-0.4, -0.2) is 55.1 Å². The van der Waals surface area contributed by atoms with Gasteiger partial charge < -0.3 is 15.4 Å². The molecule has 0 radical (unpaired) electrons. The maximum Gasteiger partial charge on any atom is 0.188 e. The van der Waals surface area contributed by atoms with Crippen LogP contribution >= 0.6 is 0 Å². The van der Waals surface area contributed by atoms with Crippen LogP contribution in [0.5, 0.6) is 5.75 Å². The zero-order valence-electron chi connectivity index (χ0n) is 12.4. The highest BCUT2D eigenvalue weighted by Crippen LogP contribution is 2.20. The average Bonchev–Trinajstić information content (AvgIpc) is 2.44. The molecule has 5 nitrogen and oxygen atoms in total. The summed E-state index contributed by atoms with van der Waals surface area (Å²) in [4.78, 5) is 4.26. The number of benzene rings is 1. The third-order valence-corrected chi connectivity index (χ3v) is 3.93. The first-order valence-electron chi connectivity index (χ1n) is 7.08. The van der Waals surface area contributed by atoms with Gasteiger partial charge in [0.2, 0.25) is 0 Å². The highest BCUT2D eigenvalue weighted by Gasteiger charge is 2.17. The molecule has 1 fully saturated rings. The molecule has 1 aliphatic heterocycles. The van der Waals surface area contributed by atoms with E-state index in [1.165, 1.54) is 11.1 Å². The van der Waals surface area contributed by atoms with E-state index in [-0.39, 0.29) is 5.96 Å². The molecular formula is C15H24N4O. The topological polar surface area (TPSA) is 65.6 Å². The zero-order chi connectivity index (χ0) is 14.5. The molecule has 1 aliphatic rings. The van der Waals surface area contributed by atoms with Gasteiger partial charge in [0.15, 0.2) is 5.96 Å². The van der Waals surface area contributed by atoms with Gasteiger partial charge in [0.1, 0.15) is 12.4 Å². The van der Waals surface area contributed by atoms with E-state index in [4.69, 9.17) is 15.9 Å². The van der Waals surface area contributed by atoms with Gasteiger partial charge in [-0.3, -0.25) is 10.3 Å².